The van der Waals surface area contributed by atoms with Crippen LogP contribution in [0.25, 0.3) is 0 Å². The van der Waals surface area contributed by atoms with Crippen molar-refractivity contribution in [2.75, 3.05) is 6.54 Å². The van der Waals surface area contributed by atoms with Gasteiger partial charge in [-0.05, 0) is 19.3 Å². The molecule has 0 fully saturated rings. The Morgan fingerprint density at radius 1 is 1.15 bits per heavy atom. The standard InChI is InChI=1S/C21H37N3O2/c1-3-4-5-6-7-8-9-10-11-12-13-14-15-20-23-16-17-24(20,19(2)22)18-21(25)26/h12-13,16-17,19H,3-11,14-15,18,22H2,1-2H3/p+1/b13-12+. The summed E-state index contributed by atoms with van der Waals surface area (Å²) >= 11 is 0. The quantitative estimate of drug-likeness (QED) is 0.245. The third-order valence-corrected chi connectivity index (χ3v) is 5.09. The van der Waals surface area contributed by atoms with E-state index in [0.29, 0.717) is 0 Å². The van der Waals surface area contributed by atoms with E-state index < -0.39 is 5.97 Å². The number of hydrogen-bond donors (Lipinski definition) is 2. The molecule has 0 spiro atoms. The van der Waals surface area contributed by atoms with Crippen LogP contribution in [0.2, 0.25) is 0 Å². The van der Waals surface area contributed by atoms with Crippen LogP contribution in [0.5, 0.6) is 0 Å². The van der Waals surface area contributed by atoms with Crippen LogP contribution in [-0.2, 0) is 4.79 Å². The Hall–Kier alpha value is -1.46. The van der Waals surface area contributed by atoms with Gasteiger partial charge in [-0.2, -0.15) is 0 Å². The lowest BCUT2D eigenvalue weighted by atomic mass is 10.1. The van der Waals surface area contributed by atoms with Gasteiger partial charge in [0.25, 0.3) is 0 Å². The lowest BCUT2D eigenvalue weighted by Gasteiger charge is -2.34. The number of rotatable bonds is 15. The number of aliphatic carboxylic acids is 1. The first-order valence-corrected chi connectivity index (χ1v) is 10.3. The van der Waals surface area contributed by atoms with Crippen LogP contribution in [0.15, 0.2) is 29.5 Å². The lowest BCUT2D eigenvalue weighted by molar-refractivity contribution is -0.805. The number of carbonyl (C=O) groups is 1. The van der Waals surface area contributed by atoms with Crippen molar-refractivity contribution in [1.82, 2.24) is 0 Å². The molecule has 2 unspecified atom stereocenters. The molecule has 2 atom stereocenters. The van der Waals surface area contributed by atoms with Gasteiger partial charge >= 0.3 is 5.97 Å². The molecule has 26 heavy (non-hydrogen) atoms. The van der Waals surface area contributed by atoms with Gasteiger partial charge < -0.3 is 5.11 Å². The number of carboxylic acids is 1. The van der Waals surface area contributed by atoms with Gasteiger partial charge in [0, 0.05) is 13.3 Å². The van der Waals surface area contributed by atoms with Crippen molar-refractivity contribution >= 4 is 11.8 Å². The zero-order valence-corrected chi connectivity index (χ0v) is 16.7. The normalized spacial score (nSPS) is 20.7. The Balaban J connectivity index is 2.20. The molecule has 1 aliphatic heterocycles. The van der Waals surface area contributed by atoms with E-state index in [1.165, 1.54) is 51.4 Å². The molecule has 0 aromatic rings. The number of allylic oxidation sites excluding steroid dienone is 2. The number of amidine groups is 1. The van der Waals surface area contributed by atoms with Crippen molar-refractivity contribution in [3.05, 3.63) is 24.6 Å². The molecule has 0 aromatic carbocycles. The van der Waals surface area contributed by atoms with E-state index in [1.807, 2.05) is 6.92 Å². The molecule has 0 radical (unpaired) electrons. The molecular formula is C21H38N3O2+. The largest absolute Gasteiger partial charge is 0.477 e. The Morgan fingerprint density at radius 3 is 2.38 bits per heavy atom. The number of unbranched alkanes of at least 4 members (excludes halogenated alkanes) is 8. The summed E-state index contributed by atoms with van der Waals surface area (Å²) in [5, 5.41) is 9.20. The molecule has 1 heterocycles. The first kappa shape index (κ1) is 22.6. The molecule has 0 aromatic heterocycles. The fourth-order valence-corrected chi connectivity index (χ4v) is 3.43. The Kier molecular flexibility index (Phi) is 11.1. The summed E-state index contributed by atoms with van der Waals surface area (Å²) in [6.07, 6.45) is 21.1. The van der Waals surface area contributed by atoms with Crippen LogP contribution in [0.3, 0.4) is 0 Å². The summed E-state index contributed by atoms with van der Waals surface area (Å²) in [7, 11) is 0. The molecule has 148 valence electrons. The van der Waals surface area contributed by atoms with E-state index >= 15 is 0 Å². The zero-order chi connectivity index (χ0) is 19.3. The number of nitrogens with zero attached hydrogens (tertiary/aromatic N) is 2. The van der Waals surface area contributed by atoms with Crippen LogP contribution in [-0.4, -0.2) is 34.1 Å². The van der Waals surface area contributed by atoms with Crippen molar-refractivity contribution in [1.29, 1.82) is 0 Å². The molecule has 0 aliphatic carbocycles. The summed E-state index contributed by atoms with van der Waals surface area (Å²) in [6, 6.07) is 0. The monoisotopic (exact) mass is 364 g/mol. The van der Waals surface area contributed by atoms with E-state index in [1.54, 1.807) is 12.4 Å². The van der Waals surface area contributed by atoms with Gasteiger partial charge in [0.2, 0.25) is 5.84 Å². The highest BCUT2D eigenvalue weighted by Crippen LogP contribution is 2.22. The fourth-order valence-electron chi connectivity index (χ4n) is 3.43. The predicted molar refractivity (Wildman–Crippen MR) is 109 cm³/mol. The molecule has 0 bridgehead atoms. The minimum Gasteiger partial charge on any atom is -0.477 e. The number of quaternary nitrogens is 1. The van der Waals surface area contributed by atoms with Crippen molar-refractivity contribution < 1.29 is 14.4 Å². The van der Waals surface area contributed by atoms with Gasteiger partial charge in [-0.25, -0.2) is 14.3 Å². The van der Waals surface area contributed by atoms with Gasteiger partial charge in [-0.3, -0.25) is 5.73 Å². The Bertz CT molecular complexity index is 497. The summed E-state index contributed by atoms with van der Waals surface area (Å²) in [4.78, 5) is 15.6. The van der Waals surface area contributed by atoms with Crippen molar-refractivity contribution in [2.24, 2.45) is 10.7 Å². The molecule has 0 saturated carbocycles. The van der Waals surface area contributed by atoms with Gasteiger partial charge in [-0.15, -0.1) is 0 Å². The van der Waals surface area contributed by atoms with E-state index in [2.05, 4.69) is 24.1 Å². The second-order valence-corrected chi connectivity index (χ2v) is 7.34. The topological polar surface area (TPSA) is 75.7 Å². The van der Waals surface area contributed by atoms with Crippen molar-refractivity contribution in [3.8, 4) is 0 Å². The van der Waals surface area contributed by atoms with E-state index in [9.17, 15) is 9.90 Å². The SMILES string of the molecule is CCCCCCCCCC/C=C/CCC1=NC=C[N+]1(CC(=O)O)C(C)N. The van der Waals surface area contributed by atoms with Crippen LogP contribution in [0, 0.1) is 0 Å². The van der Waals surface area contributed by atoms with Gasteiger partial charge in [-0.1, -0.05) is 64.0 Å². The van der Waals surface area contributed by atoms with Crippen LogP contribution in [0.1, 0.15) is 84.5 Å². The Morgan fingerprint density at radius 2 is 1.77 bits per heavy atom. The highest BCUT2D eigenvalue weighted by Gasteiger charge is 2.40. The number of carboxylic acid groups (broad SMARTS) is 1. The molecule has 1 aliphatic rings. The third-order valence-electron chi connectivity index (χ3n) is 5.09. The summed E-state index contributed by atoms with van der Waals surface area (Å²) in [5.74, 6) is -0.00841. The first-order valence-electron chi connectivity index (χ1n) is 10.3. The smallest absolute Gasteiger partial charge is 0.360 e. The van der Waals surface area contributed by atoms with Gasteiger partial charge in [0.15, 0.2) is 6.54 Å². The maximum Gasteiger partial charge on any atom is 0.360 e. The van der Waals surface area contributed by atoms with E-state index in [0.717, 1.165) is 25.1 Å². The van der Waals surface area contributed by atoms with Crippen molar-refractivity contribution in [2.45, 2.75) is 90.6 Å². The molecule has 0 saturated heterocycles. The number of hydrogen-bond acceptors (Lipinski definition) is 3. The second-order valence-electron chi connectivity index (χ2n) is 7.34. The highest BCUT2D eigenvalue weighted by molar-refractivity contribution is 5.81. The van der Waals surface area contributed by atoms with Gasteiger partial charge in [0.1, 0.15) is 12.4 Å². The molecule has 1 rings (SSSR count). The highest BCUT2D eigenvalue weighted by atomic mass is 16.4. The predicted octanol–water partition coefficient (Wildman–Crippen LogP) is 4.94. The third kappa shape index (κ3) is 7.83. The maximum atomic E-state index is 11.2. The second kappa shape index (κ2) is 12.8. The van der Waals surface area contributed by atoms with E-state index in [4.69, 9.17) is 5.73 Å². The maximum absolute atomic E-state index is 11.2. The molecule has 0 amide bonds. The average molecular weight is 365 g/mol. The summed E-state index contributed by atoms with van der Waals surface area (Å²) < 4.78 is 0.140. The number of nitrogens with two attached hydrogens (primary N) is 1. The van der Waals surface area contributed by atoms with Crippen LogP contribution >= 0.6 is 0 Å². The fraction of sp³-hybridized carbons (Fsp3) is 0.714. The summed E-state index contributed by atoms with van der Waals surface area (Å²) in [6.45, 7) is 4.05. The van der Waals surface area contributed by atoms with Crippen molar-refractivity contribution in [3.63, 3.8) is 0 Å². The van der Waals surface area contributed by atoms with Gasteiger partial charge in [0.05, 0.1) is 6.20 Å². The molecule has 5 nitrogen and oxygen atoms in total. The average Bonchev–Trinajstić information content (AvgIpc) is 2.99. The first-order chi connectivity index (χ1) is 12.5. The summed E-state index contributed by atoms with van der Waals surface area (Å²) in [5.41, 5.74) is 6.07. The van der Waals surface area contributed by atoms with E-state index in [-0.39, 0.29) is 17.2 Å². The van der Waals surface area contributed by atoms with Crippen LogP contribution in [0.4, 0.5) is 0 Å². The molecular weight excluding hydrogens is 326 g/mol. The molecule has 3 N–H and O–H groups in total. The zero-order valence-electron chi connectivity index (χ0n) is 16.7. The number of aliphatic imine (C=N–C) groups is 1. The minimum absolute atomic E-state index is 0.0467. The lowest BCUT2D eigenvalue weighted by Crippen LogP contribution is -2.59. The molecule has 5 heteroatoms. The minimum atomic E-state index is -0.855. The Labute approximate surface area is 159 Å². The van der Waals surface area contributed by atoms with Crippen LogP contribution < -0.4 is 5.73 Å².